The van der Waals surface area contributed by atoms with Gasteiger partial charge in [-0.1, -0.05) is 18.2 Å². The molecular weight excluding hydrogens is 314 g/mol. The molecule has 0 radical (unpaired) electrons. The Labute approximate surface area is 133 Å². The summed E-state index contributed by atoms with van der Waals surface area (Å²) in [5.74, 6) is -0.531. The fourth-order valence-corrected chi connectivity index (χ4v) is 4.36. The van der Waals surface area contributed by atoms with E-state index in [1.54, 1.807) is 6.20 Å². The average molecular weight is 329 g/mol. The minimum atomic E-state index is -3.07. The van der Waals surface area contributed by atoms with Crippen LogP contribution in [0.15, 0.2) is 36.0 Å². The molecule has 2 N–H and O–H groups in total. The van der Waals surface area contributed by atoms with Crippen molar-refractivity contribution in [3.05, 3.63) is 41.6 Å². The number of sulfone groups is 1. The summed E-state index contributed by atoms with van der Waals surface area (Å²) in [4.78, 5) is 15.3. The van der Waals surface area contributed by atoms with E-state index in [2.05, 4.69) is 10.3 Å². The zero-order valence-corrected chi connectivity index (χ0v) is 13.1. The van der Waals surface area contributed by atoms with E-state index in [9.17, 15) is 18.5 Å². The van der Waals surface area contributed by atoms with Crippen LogP contribution >= 0.6 is 0 Å². The fraction of sp³-hybridized carbons (Fsp3) is 0.250. The number of rotatable bonds is 3. The SMILES string of the molecule is N#C/C(=C/c1c[nH]c2ccccc12)C(=O)NC1CCS(=O)(=O)C1. The van der Waals surface area contributed by atoms with Gasteiger partial charge in [-0.15, -0.1) is 0 Å². The predicted molar refractivity (Wildman–Crippen MR) is 87.1 cm³/mol. The zero-order chi connectivity index (χ0) is 16.4. The highest BCUT2D eigenvalue weighted by Crippen LogP contribution is 2.20. The molecule has 2 aromatic rings. The maximum Gasteiger partial charge on any atom is 0.262 e. The molecule has 0 aliphatic carbocycles. The van der Waals surface area contributed by atoms with Crippen LogP contribution in [0.5, 0.6) is 0 Å². The van der Waals surface area contributed by atoms with Crippen LogP contribution in [-0.2, 0) is 14.6 Å². The van der Waals surface area contributed by atoms with Crippen LogP contribution in [-0.4, -0.2) is 36.9 Å². The van der Waals surface area contributed by atoms with Gasteiger partial charge in [0.25, 0.3) is 5.91 Å². The van der Waals surface area contributed by atoms with Gasteiger partial charge in [0.1, 0.15) is 11.6 Å². The van der Waals surface area contributed by atoms with Crippen molar-refractivity contribution < 1.29 is 13.2 Å². The number of benzene rings is 1. The molecule has 6 nitrogen and oxygen atoms in total. The number of H-pyrrole nitrogens is 1. The first-order chi connectivity index (χ1) is 11.0. The normalized spacial score (nSPS) is 20.3. The van der Waals surface area contributed by atoms with Crippen molar-refractivity contribution >= 4 is 32.7 Å². The molecule has 0 saturated carbocycles. The molecule has 1 aliphatic rings. The van der Waals surface area contributed by atoms with E-state index in [1.165, 1.54) is 6.08 Å². The Morgan fingerprint density at radius 1 is 1.39 bits per heavy atom. The molecule has 118 valence electrons. The van der Waals surface area contributed by atoms with Crippen molar-refractivity contribution in [2.24, 2.45) is 0 Å². The maximum absolute atomic E-state index is 12.2. The number of hydrogen-bond acceptors (Lipinski definition) is 4. The van der Waals surface area contributed by atoms with E-state index in [-0.39, 0.29) is 17.1 Å². The lowest BCUT2D eigenvalue weighted by molar-refractivity contribution is -0.117. The van der Waals surface area contributed by atoms with Crippen molar-refractivity contribution in [2.75, 3.05) is 11.5 Å². The van der Waals surface area contributed by atoms with Gasteiger partial charge >= 0.3 is 0 Å². The Morgan fingerprint density at radius 3 is 2.87 bits per heavy atom. The summed E-state index contributed by atoms with van der Waals surface area (Å²) in [6.45, 7) is 0. The van der Waals surface area contributed by atoms with Crippen molar-refractivity contribution in [1.29, 1.82) is 5.26 Å². The summed E-state index contributed by atoms with van der Waals surface area (Å²) in [6.07, 6.45) is 3.63. The van der Waals surface area contributed by atoms with Gasteiger partial charge in [-0.25, -0.2) is 8.42 Å². The van der Waals surface area contributed by atoms with Crippen LogP contribution < -0.4 is 5.32 Å². The predicted octanol–water partition coefficient (Wildman–Crippen LogP) is 1.38. The number of nitriles is 1. The Hall–Kier alpha value is -2.59. The minimum Gasteiger partial charge on any atom is -0.361 e. The van der Waals surface area contributed by atoms with E-state index in [4.69, 9.17) is 0 Å². The highest BCUT2D eigenvalue weighted by atomic mass is 32.2. The number of nitrogens with zero attached hydrogens (tertiary/aromatic N) is 1. The molecule has 1 atom stereocenters. The number of carbonyl (C=O) groups excluding carboxylic acids is 1. The van der Waals surface area contributed by atoms with Crippen molar-refractivity contribution in [2.45, 2.75) is 12.5 Å². The summed E-state index contributed by atoms with van der Waals surface area (Å²) in [7, 11) is -3.07. The molecule has 23 heavy (non-hydrogen) atoms. The first-order valence-corrected chi connectivity index (χ1v) is 9.00. The number of amides is 1. The second kappa shape index (κ2) is 5.89. The van der Waals surface area contributed by atoms with Crippen molar-refractivity contribution in [3.8, 4) is 6.07 Å². The monoisotopic (exact) mass is 329 g/mol. The van der Waals surface area contributed by atoms with Crippen LogP contribution in [0, 0.1) is 11.3 Å². The van der Waals surface area contributed by atoms with Gasteiger partial charge in [0, 0.05) is 28.7 Å². The molecule has 1 amide bonds. The van der Waals surface area contributed by atoms with Crippen LogP contribution in [0.3, 0.4) is 0 Å². The third-order valence-electron chi connectivity index (χ3n) is 3.85. The lowest BCUT2D eigenvalue weighted by Crippen LogP contribution is -2.36. The van der Waals surface area contributed by atoms with Crippen molar-refractivity contribution in [1.82, 2.24) is 10.3 Å². The minimum absolute atomic E-state index is 0.0425. The molecule has 1 aromatic carbocycles. The van der Waals surface area contributed by atoms with E-state index >= 15 is 0 Å². The number of hydrogen-bond donors (Lipinski definition) is 2. The third kappa shape index (κ3) is 3.27. The zero-order valence-electron chi connectivity index (χ0n) is 12.2. The molecule has 2 heterocycles. The smallest absolute Gasteiger partial charge is 0.262 e. The topological polar surface area (TPSA) is 103 Å². The van der Waals surface area contributed by atoms with Crippen molar-refractivity contribution in [3.63, 3.8) is 0 Å². The van der Waals surface area contributed by atoms with Gasteiger partial charge in [-0.3, -0.25) is 4.79 Å². The Morgan fingerprint density at radius 2 is 2.17 bits per heavy atom. The van der Waals surface area contributed by atoms with E-state index in [0.717, 1.165) is 16.5 Å². The molecular formula is C16H15N3O3S. The summed E-state index contributed by atoms with van der Waals surface area (Å²) in [5, 5.41) is 12.8. The quantitative estimate of drug-likeness (QED) is 0.656. The Balaban J connectivity index is 1.82. The number of para-hydroxylation sites is 1. The summed E-state index contributed by atoms with van der Waals surface area (Å²) >= 11 is 0. The molecule has 1 aromatic heterocycles. The number of nitrogens with one attached hydrogen (secondary N) is 2. The van der Waals surface area contributed by atoms with E-state index < -0.39 is 21.8 Å². The third-order valence-corrected chi connectivity index (χ3v) is 5.62. The fourth-order valence-electron chi connectivity index (χ4n) is 2.69. The molecule has 1 fully saturated rings. The number of aromatic amines is 1. The summed E-state index contributed by atoms with van der Waals surface area (Å²) in [6, 6.07) is 9.03. The maximum atomic E-state index is 12.2. The molecule has 0 spiro atoms. The highest BCUT2D eigenvalue weighted by molar-refractivity contribution is 7.91. The van der Waals surface area contributed by atoms with Gasteiger partial charge in [0.2, 0.25) is 0 Å². The largest absolute Gasteiger partial charge is 0.361 e. The first-order valence-electron chi connectivity index (χ1n) is 7.18. The molecule has 7 heteroatoms. The highest BCUT2D eigenvalue weighted by Gasteiger charge is 2.29. The lowest BCUT2D eigenvalue weighted by atomic mass is 10.1. The molecule has 1 unspecified atom stereocenters. The summed E-state index contributed by atoms with van der Waals surface area (Å²) in [5.41, 5.74) is 1.61. The molecule has 1 aliphatic heterocycles. The Kier molecular flexibility index (Phi) is 3.92. The molecule has 3 rings (SSSR count). The van der Waals surface area contributed by atoms with Gasteiger partial charge < -0.3 is 10.3 Å². The van der Waals surface area contributed by atoms with Crippen LogP contribution in [0.1, 0.15) is 12.0 Å². The van der Waals surface area contributed by atoms with E-state index in [0.29, 0.717) is 6.42 Å². The lowest BCUT2D eigenvalue weighted by Gasteiger charge is -2.09. The Bertz CT molecular complexity index is 935. The standard InChI is InChI=1S/C16H15N3O3S/c17-8-11(16(20)19-13-5-6-23(21,22)10-13)7-12-9-18-15-4-2-1-3-14(12)15/h1-4,7,9,13,18H,5-6,10H2,(H,19,20)/b11-7-. The number of fused-ring (bicyclic) bond motifs is 1. The van der Waals surface area contributed by atoms with Gasteiger partial charge in [0.15, 0.2) is 9.84 Å². The van der Waals surface area contributed by atoms with E-state index in [1.807, 2.05) is 30.3 Å². The van der Waals surface area contributed by atoms with Crippen LogP contribution in [0.2, 0.25) is 0 Å². The van der Waals surface area contributed by atoms with Crippen LogP contribution in [0.4, 0.5) is 0 Å². The molecule has 0 bridgehead atoms. The van der Waals surface area contributed by atoms with Gasteiger partial charge in [-0.2, -0.15) is 5.26 Å². The molecule has 1 saturated heterocycles. The second-order valence-electron chi connectivity index (χ2n) is 5.53. The second-order valence-corrected chi connectivity index (χ2v) is 7.76. The average Bonchev–Trinajstić information content (AvgIpc) is 3.08. The van der Waals surface area contributed by atoms with Crippen LogP contribution in [0.25, 0.3) is 17.0 Å². The number of carbonyl (C=O) groups is 1. The first kappa shape index (κ1) is 15.3. The van der Waals surface area contributed by atoms with Gasteiger partial charge in [0.05, 0.1) is 11.5 Å². The van der Waals surface area contributed by atoms with Gasteiger partial charge in [-0.05, 0) is 18.6 Å². The summed E-state index contributed by atoms with van der Waals surface area (Å²) < 4.78 is 22.9. The number of aromatic nitrogens is 1.